The number of hydrogen-bond donors (Lipinski definition) is 3. The molecule has 0 radical (unpaired) electrons. The van der Waals surface area contributed by atoms with E-state index in [1.54, 1.807) is 11.8 Å². The van der Waals surface area contributed by atoms with Crippen LogP contribution < -0.4 is 0 Å². The smallest absolute Gasteiger partial charge is 0.374 e. The third kappa shape index (κ3) is 3.90. The van der Waals surface area contributed by atoms with Gasteiger partial charge in [-0.3, -0.25) is 0 Å². The van der Waals surface area contributed by atoms with Crippen molar-refractivity contribution in [3.05, 3.63) is 12.0 Å². The lowest BCUT2D eigenvalue weighted by Crippen LogP contribution is -2.35. The van der Waals surface area contributed by atoms with Crippen LogP contribution in [-0.4, -0.2) is 59.1 Å². The molecule has 1 rings (SSSR count). The van der Waals surface area contributed by atoms with E-state index in [0.717, 1.165) is 13.1 Å². The van der Waals surface area contributed by atoms with Crippen LogP contribution in [0.1, 0.15) is 13.3 Å². The molecule has 0 saturated carbocycles. The van der Waals surface area contributed by atoms with Crippen molar-refractivity contribution in [2.75, 3.05) is 32.9 Å². The third-order valence-electron chi connectivity index (χ3n) is 2.93. The minimum absolute atomic E-state index is 0.118. The lowest BCUT2D eigenvalue weighted by Gasteiger charge is -2.27. The van der Waals surface area contributed by atoms with Crippen LogP contribution in [0.4, 0.5) is 0 Å². The van der Waals surface area contributed by atoms with Crippen molar-refractivity contribution in [1.82, 2.24) is 4.90 Å². The second-order valence-corrected chi connectivity index (χ2v) is 4.30. The van der Waals surface area contributed by atoms with Crippen LogP contribution in [0.5, 0.6) is 0 Å². The third-order valence-corrected chi connectivity index (χ3v) is 2.93. The highest BCUT2D eigenvalue weighted by molar-refractivity contribution is 5.85. The van der Waals surface area contributed by atoms with Crippen molar-refractivity contribution in [2.24, 2.45) is 5.41 Å². The molecule has 0 atom stereocenters. The number of nitrogens with zero attached hydrogens (tertiary/aromatic N) is 1. The Bertz CT molecular complexity index is 286. The van der Waals surface area contributed by atoms with Crippen LogP contribution >= 0.6 is 0 Å². The molecular formula is C11H19NO5. The van der Waals surface area contributed by atoms with E-state index < -0.39 is 17.1 Å². The first-order chi connectivity index (χ1) is 8.06. The number of carbonyl (C=O) groups is 1. The Hall–Kier alpha value is -1.27. The normalized spacial score (nSPS) is 15.9. The van der Waals surface area contributed by atoms with Gasteiger partial charge in [-0.15, -0.1) is 0 Å². The SMILES string of the molecule is CCC(CO)(CO)COC(=O)C(O)=CN1CC1. The van der Waals surface area contributed by atoms with Crippen LogP contribution in [-0.2, 0) is 9.53 Å². The maximum Gasteiger partial charge on any atom is 0.374 e. The quantitative estimate of drug-likeness (QED) is 0.245. The molecule has 0 bridgehead atoms. The zero-order valence-electron chi connectivity index (χ0n) is 9.93. The van der Waals surface area contributed by atoms with Gasteiger partial charge in [0.05, 0.1) is 18.6 Å². The van der Waals surface area contributed by atoms with Crippen LogP contribution in [0.25, 0.3) is 0 Å². The Morgan fingerprint density at radius 2 is 2.00 bits per heavy atom. The summed E-state index contributed by atoms with van der Waals surface area (Å²) in [6, 6.07) is 0. The van der Waals surface area contributed by atoms with Crippen molar-refractivity contribution < 1.29 is 24.9 Å². The Labute approximate surface area is 100 Å². The van der Waals surface area contributed by atoms with Gasteiger partial charge in [-0.2, -0.15) is 0 Å². The Morgan fingerprint density at radius 3 is 2.41 bits per heavy atom. The maximum absolute atomic E-state index is 11.4. The van der Waals surface area contributed by atoms with Gasteiger partial charge in [-0.25, -0.2) is 4.79 Å². The summed E-state index contributed by atoms with van der Waals surface area (Å²) in [5, 5.41) is 27.7. The molecule has 1 heterocycles. The van der Waals surface area contributed by atoms with E-state index in [2.05, 4.69) is 0 Å². The molecule has 1 aliphatic rings. The Morgan fingerprint density at radius 1 is 1.41 bits per heavy atom. The summed E-state index contributed by atoms with van der Waals surface area (Å²) in [7, 11) is 0. The first-order valence-electron chi connectivity index (χ1n) is 5.60. The van der Waals surface area contributed by atoms with Gasteiger partial charge in [0.1, 0.15) is 6.61 Å². The standard InChI is InChI=1S/C11H19NO5/c1-2-11(6-13,7-14)8-17-10(16)9(15)5-12-3-4-12/h5,13-15H,2-4,6-8H2,1H3. The molecule has 0 spiro atoms. The van der Waals surface area contributed by atoms with Gasteiger partial charge in [-0.1, -0.05) is 6.92 Å². The van der Waals surface area contributed by atoms with Crippen molar-refractivity contribution >= 4 is 5.97 Å². The fourth-order valence-electron chi connectivity index (χ4n) is 1.17. The van der Waals surface area contributed by atoms with Gasteiger partial charge in [0.2, 0.25) is 5.76 Å². The van der Waals surface area contributed by atoms with Crippen LogP contribution in [0.2, 0.25) is 0 Å². The van der Waals surface area contributed by atoms with Gasteiger partial charge >= 0.3 is 5.97 Å². The molecule has 6 heteroatoms. The zero-order valence-corrected chi connectivity index (χ0v) is 9.93. The number of hydrogen-bond acceptors (Lipinski definition) is 6. The molecule has 0 unspecified atom stereocenters. The van der Waals surface area contributed by atoms with Crippen molar-refractivity contribution in [2.45, 2.75) is 13.3 Å². The van der Waals surface area contributed by atoms with Gasteiger partial charge in [0, 0.05) is 19.3 Å². The van der Waals surface area contributed by atoms with Gasteiger partial charge in [-0.05, 0) is 6.42 Å². The minimum Gasteiger partial charge on any atom is -0.501 e. The summed E-state index contributed by atoms with van der Waals surface area (Å²) in [4.78, 5) is 13.1. The average molecular weight is 245 g/mol. The monoisotopic (exact) mass is 245 g/mol. The number of carbonyl (C=O) groups excluding carboxylic acids is 1. The lowest BCUT2D eigenvalue weighted by atomic mass is 9.88. The largest absolute Gasteiger partial charge is 0.501 e. The average Bonchev–Trinajstić information content (AvgIpc) is 3.15. The van der Waals surface area contributed by atoms with Crippen LogP contribution in [0, 0.1) is 5.41 Å². The molecule has 0 aromatic carbocycles. The maximum atomic E-state index is 11.4. The first kappa shape index (κ1) is 13.8. The zero-order chi connectivity index (χ0) is 12.9. The van der Waals surface area contributed by atoms with E-state index in [0.29, 0.717) is 6.42 Å². The fourth-order valence-corrected chi connectivity index (χ4v) is 1.17. The van der Waals surface area contributed by atoms with Crippen molar-refractivity contribution in [3.63, 3.8) is 0 Å². The lowest BCUT2D eigenvalue weighted by molar-refractivity contribution is -0.148. The van der Waals surface area contributed by atoms with Gasteiger partial charge < -0.3 is 25.0 Å². The topological polar surface area (TPSA) is 90.0 Å². The number of aliphatic hydroxyl groups is 3. The first-order valence-corrected chi connectivity index (χ1v) is 5.60. The second-order valence-electron chi connectivity index (χ2n) is 4.30. The van der Waals surface area contributed by atoms with E-state index in [4.69, 9.17) is 14.9 Å². The molecule has 17 heavy (non-hydrogen) atoms. The molecule has 0 aromatic heterocycles. The fraction of sp³-hybridized carbons (Fsp3) is 0.727. The summed E-state index contributed by atoms with van der Waals surface area (Å²) < 4.78 is 4.87. The van der Waals surface area contributed by atoms with Gasteiger partial charge in [0.15, 0.2) is 0 Å². The highest BCUT2D eigenvalue weighted by atomic mass is 16.5. The molecule has 0 aromatic rings. The molecule has 6 nitrogen and oxygen atoms in total. The molecule has 1 fully saturated rings. The highest BCUT2D eigenvalue weighted by Crippen LogP contribution is 2.21. The van der Waals surface area contributed by atoms with Gasteiger partial charge in [0.25, 0.3) is 0 Å². The Kier molecular flexibility index (Phi) is 4.77. The van der Waals surface area contributed by atoms with E-state index in [-0.39, 0.29) is 19.8 Å². The summed E-state index contributed by atoms with van der Waals surface area (Å²) in [6.45, 7) is 2.76. The van der Waals surface area contributed by atoms with E-state index in [1.807, 2.05) is 0 Å². The second kappa shape index (κ2) is 5.88. The number of aliphatic hydroxyl groups excluding tert-OH is 3. The predicted octanol–water partition coefficient (Wildman–Crippen LogP) is -0.374. The molecule has 3 N–H and O–H groups in total. The van der Waals surface area contributed by atoms with Crippen LogP contribution in [0.15, 0.2) is 12.0 Å². The van der Waals surface area contributed by atoms with Crippen LogP contribution in [0.3, 0.4) is 0 Å². The summed E-state index contributed by atoms with van der Waals surface area (Å²) in [6.07, 6.45) is 1.80. The minimum atomic E-state index is -0.837. The van der Waals surface area contributed by atoms with Crippen molar-refractivity contribution in [1.29, 1.82) is 0 Å². The Balaban J connectivity index is 2.45. The molecule has 1 aliphatic heterocycles. The number of ether oxygens (including phenoxy) is 1. The van der Waals surface area contributed by atoms with E-state index in [9.17, 15) is 9.90 Å². The van der Waals surface area contributed by atoms with E-state index >= 15 is 0 Å². The molecule has 1 saturated heterocycles. The summed E-state index contributed by atoms with van der Waals surface area (Å²) in [5.74, 6) is -1.29. The predicted molar refractivity (Wildman–Crippen MR) is 60.1 cm³/mol. The highest BCUT2D eigenvalue weighted by Gasteiger charge is 2.29. The number of esters is 1. The molecule has 0 amide bonds. The summed E-state index contributed by atoms with van der Waals surface area (Å²) >= 11 is 0. The molecule has 98 valence electrons. The molecular weight excluding hydrogens is 226 g/mol. The summed E-state index contributed by atoms with van der Waals surface area (Å²) in [5.41, 5.74) is -0.837. The van der Waals surface area contributed by atoms with E-state index in [1.165, 1.54) is 6.20 Å². The molecule has 0 aliphatic carbocycles. The van der Waals surface area contributed by atoms with Crippen molar-refractivity contribution in [3.8, 4) is 0 Å². The number of rotatable bonds is 7.